The van der Waals surface area contributed by atoms with Crippen LogP contribution in [-0.2, 0) is 20.8 Å². The molecule has 21 heavy (non-hydrogen) atoms. The van der Waals surface area contributed by atoms with Crippen LogP contribution in [0.25, 0.3) is 0 Å². The number of hydrogen-bond acceptors (Lipinski definition) is 4. The molecule has 1 rings (SSSR count). The molecule has 0 spiro atoms. The van der Waals surface area contributed by atoms with Gasteiger partial charge in [0.25, 0.3) is 0 Å². The first kappa shape index (κ1) is 17.6. The van der Waals surface area contributed by atoms with Crippen molar-refractivity contribution in [3.8, 4) is 12.3 Å². The zero-order valence-corrected chi connectivity index (χ0v) is 12.7. The van der Waals surface area contributed by atoms with Crippen LogP contribution in [0.15, 0.2) is 18.2 Å². The summed E-state index contributed by atoms with van der Waals surface area (Å²) in [4.78, 5) is 10.8. The fraction of sp³-hybridized carbons (Fsp3) is 0.357. The molecule has 0 fully saturated rings. The molecule has 7 heteroatoms. The highest BCUT2D eigenvalue weighted by atomic mass is 35.5. The summed E-state index contributed by atoms with van der Waals surface area (Å²) in [5, 5.41) is 1.04. The largest absolute Gasteiger partial charge is 0.441 e. The Bertz CT molecular complexity index is 516. The van der Waals surface area contributed by atoms with E-state index < -0.39 is 12.2 Å². The molecule has 114 valence electrons. The number of rotatable bonds is 8. The molecular weight excluding hydrogens is 317 g/mol. The van der Waals surface area contributed by atoms with Crippen molar-refractivity contribution in [1.82, 2.24) is 0 Å². The molecule has 0 heterocycles. The Balaban J connectivity index is 2.44. The summed E-state index contributed by atoms with van der Waals surface area (Å²) in [6.07, 6.45) is 3.51. The lowest BCUT2D eigenvalue weighted by atomic mass is 10.2. The zero-order chi connectivity index (χ0) is 15.7. The Hall–Kier alpha value is -1.45. The van der Waals surface area contributed by atoms with Crippen molar-refractivity contribution in [3.05, 3.63) is 33.8 Å². The van der Waals surface area contributed by atoms with Gasteiger partial charge in [-0.2, -0.15) is 0 Å². The highest BCUT2D eigenvalue weighted by Crippen LogP contribution is 2.21. The number of nitrogens with two attached hydrogens (primary N) is 1. The molecule has 0 aliphatic carbocycles. The number of amides is 1. The number of ether oxygens (including phenoxy) is 3. The van der Waals surface area contributed by atoms with Gasteiger partial charge >= 0.3 is 6.09 Å². The van der Waals surface area contributed by atoms with Crippen LogP contribution in [0.5, 0.6) is 0 Å². The molecule has 0 bridgehead atoms. The van der Waals surface area contributed by atoms with Crippen LogP contribution in [0, 0.1) is 12.3 Å². The molecule has 5 nitrogen and oxygen atoms in total. The lowest BCUT2D eigenvalue weighted by molar-refractivity contribution is -0.0241. The van der Waals surface area contributed by atoms with Crippen LogP contribution < -0.4 is 5.73 Å². The number of halogens is 2. The van der Waals surface area contributed by atoms with Gasteiger partial charge in [-0.1, -0.05) is 35.2 Å². The number of carbonyl (C=O) groups is 1. The standard InChI is InChI=1S/C14H15Cl2NO4/c1-2-5-19-8-12(21-14(17)18)9-20-7-10-3-4-11(15)6-13(10)16/h1,3-4,6,12H,5,7-9H2,(H2,17,18). The molecule has 1 amide bonds. The minimum absolute atomic E-state index is 0.0987. The van der Waals surface area contributed by atoms with Gasteiger partial charge in [-0.05, 0) is 17.7 Å². The van der Waals surface area contributed by atoms with Gasteiger partial charge in [0, 0.05) is 10.0 Å². The Morgan fingerprint density at radius 1 is 1.33 bits per heavy atom. The van der Waals surface area contributed by atoms with Gasteiger partial charge in [-0.15, -0.1) is 6.42 Å². The van der Waals surface area contributed by atoms with Crippen LogP contribution in [0.3, 0.4) is 0 Å². The maximum absolute atomic E-state index is 10.8. The van der Waals surface area contributed by atoms with E-state index in [1.165, 1.54) is 0 Å². The second kappa shape index (κ2) is 9.48. The van der Waals surface area contributed by atoms with E-state index in [-0.39, 0.29) is 26.4 Å². The van der Waals surface area contributed by atoms with Crippen molar-refractivity contribution in [2.24, 2.45) is 5.73 Å². The first-order valence-electron chi connectivity index (χ1n) is 6.02. The third kappa shape index (κ3) is 7.21. The lowest BCUT2D eigenvalue weighted by Gasteiger charge is -2.16. The van der Waals surface area contributed by atoms with E-state index in [1.54, 1.807) is 18.2 Å². The smallest absolute Gasteiger partial charge is 0.404 e. The molecule has 0 radical (unpaired) electrons. The molecule has 1 aromatic carbocycles. The van der Waals surface area contributed by atoms with E-state index in [0.717, 1.165) is 5.56 Å². The summed E-state index contributed by atoms with van der Waals surface area (Å²) in [5.74, 6) is 2.31. The fourth-order valence-corrected chi connectivity index (χ4v) is 1.93. The van der Waals surface area contributed by atoms with Crippen molar-refractivity contribution in [2.45, 2.75) is 12.7 Å². The fourth-order valence-electron chi connectivity index (χ4n) is 1.47. The summed E-state index contributed by atoms with van der Waals surface area (Å²) in [5.41, 5.74) is 5.74. The normalized spacial score (nSPS) is 11.7. The maximum Gasteiger partial charge on any atom is 0.404 e. The number of benzene rings is 1. The van der Waals surface area contributed by atoms with Gasteiger partial charge < -0.3 is 19.9 Å². The lowest BCUT2D eigenvalue weighted by Crippen LogP contribution is -2.31. The van der Waals surface area contributed by atoms with Crippen LogP contribution in [0.4, 0.5) is 4.79 Å². The molecular formula is C14H15Cl2NO4. The summed E-state index contributed by atoms with van der Waals surface area (Å²) in [7, 11) is 0. The van der Waals surface area contributed by atoms with Gasteiger partial charge in [0.15, 0.2) is 6.10 Å². The molecule has 0 saturated carbocycles. The van der Waals surface area contributed by atoms with Gasteiger partial charge in [-0.3, -0.25) is 0 Å². The van der Waals surface area contributed by atoms with Gasteiger partial charge in [0.05, 0.1) is 19.8 Å². The van der Waals surface area contributed by atoms with E-state index in [4.69, 9.17) is 49.6 Å². The number of carbonyl (C=O) groups excluding carboxylic acids is 1. The third-order valence-corrected chi connectivity index (χ3v) is 2.94. The molecule has 0 aliphatic rings. The number of terminal acetylenes is 1. The molecule has 0 aliphatic heterocycles. The SMILES string of the molecule is C#CCOCC(COCc1ccc(Cl)cc1Cl)OC(N)=O. The average molecular weight is 332 g/mol. The van der Waals surface area contributed by atoms with Crippen molar-refractivity contribution in [1.29, 1.82) is 0 Å². The van der Waals surface area contributed by atoms with E-state index >= 15 is 0 Å². The minimum Gasteiger partial charge on any atom is -0.441 e. The predicted molar refractivity (Wildman–Crippen MR) is 80.2 cm³/mol. The van der Waals surface area contributed by atoms with Gasteiger partial charge in [0.1, 0.15) is 6.61 Å². The zero-order valence-electron chi connectivity index (χ0n) is 11.2. The summed E-state index contributed by atoms with van der Waals surface area (Å²) >= 11 is 11.8. The van der Waals surface area contributed by atoms with Crippen LogP contribution in [-0.4, -0.2) is 32.0 Å². The Morgan fingerprint density at radius 2 is 2.05 bits per heavy atom. The second-order valence-electron chi connectivity index (χ2n) is 4.03. The number of hydrogen-bond donors (Lipinski definition) is 1. The third-order valence-electron chi connectivity index (χ3n) is 2.35. The summed E-state index contributed by atoms with van der Waals surface area (Å²) < 4.78 is 15.4. The quantitative estimate of drug-likeness (QED) is 0.587. The molecule has 0 aromatic heterocycles. The monoisotopic (exact) mass is 331 g/mol. The van der Waals surface area contributed by atoms with Crippen molar-refractivity contribution in [3.63, 3.8) is 0 Å². The van der Waals surface area contributed by atoms with E-state index in [2.05, 4.69) is 5.92 Å². The van der Waals surface area contributed by atoms with Crippen LogP contribution in [0.1, 0.15) is 5.56 Å². The van der Waals surface area contributed by atoms with Crippen molar-refractivity contribution in [2.75, 3.05) is 19.8 Å². The molecule has 0 saturated heterocycles. The molecule has 1 atom stereocenters. The Kier molecular flexibility index (Phi) is 7.95. The first-order chi connectivity index (χ1) is 10.0. The minimum atomic E-state index is -0.905. The topological polar surface area (TPSA) is 70.8 Å². The second-order valence-corrected chi connectivity index (χ2v) is 4.87. The predicted octanol–water partition coefficient (Wildman–Crippen LogP) is 2.62. The van der Waals surface area contributed by atoms with E-state index in [0.29, 0.717) is 10.0 Å². The van der Waals surface area contributed by atoms with Crippen molar-refractivity contribution < 1.29 is 19.0 Å². The summed E-state index contributed by atoms with van der Waals surface area (Å²) in [6.45, 7) is 0.555. The van der Waals surface area contributed by atoms with Crippen molar-refractivity contribution >= 4 is 29.3 Å². The van der Waals surface area contributed by atoms with E-state index in [1.807, 2.05) is 0 Å². The van der Waals surface area contributed by atoms with Gasteiger partial charge in [0.2, 0.25) is 0 Å². The summed E-state index contributed by atoms with van der Waals surface area (Å²) in [6, 6.07) is 5.08. The highest BCUT2D eigenvalue weighted by Gasteiger charge is 2.13. The Morgan fingerprint density at radius 3 is 2.67 bits per heavy atom. The molecule has 2 N–H and O–H groups in total. The van der Waals surface area contributed by atoms with Gasteiger partial charge in [-0.25, -0.2) is 4.79 Å². The van der Waals surface area contributed by atoms with Crippen LogP contribution >= 0.6 is 23.2 Å². The Labute approximate surface area is 133 Å². The highest BCUT2D eigenvalue weighted by molar-refractivity contribution is 6.35. The molecule has 1 aromatic rings. The number of primary amides is 1. The average Bonchev–Trinajstić information content (AvgIpc) is 2.40. The molecule has 1 unspecified atom stereocenters. The van der Waals surface area contributed by atoms with E-state index in [9.17, 15) is 4.79 Å². The first-order valence-corrected chi connectivity index (χ1v) is 6.77. The maximum atomic E-state index is 10.8. The van der Waals surface area contributed by atoms with Crippen LogP contribution in [0.2, 0.25) is 10.0 Å².